The molecule has 0 aromatic rings. The monoisotopic (exact) mass is 301 g/mol. The molecule has 7 nitrogen and oxygen atoms in total. The van der Waals surface area contributed by atoms with Gasteiger partial charge < -0.3 is 25.0 Å². The minimum Gasteiger partial charge on any atom is -0.391 e. The molecule has 21 heavy (non-hydrogen) atoms. The van der Waals surface area contributed by atoms with Crippen LogP contribution in [0.3, 0.4) is 0 Å². The van der Waals surface area contributed by atoms with Crippen LogP contribution in [0.4, 0.5) is 4.79 Å². The Kier molecular flexibility index (Phi) is 7.45. The SMILES string of the molecule is COCC(O)CCNC(=O)C1CCCN(C(=O)N(C)C)C1. The largest absolute Gasteiger partial charge is 0.391 e. The fraction of sp³-hybridized carbons (Fsp3) is 0.857. The Morgan fingerprint density at radius 3 is 2.81 bits per heavy atom. The second-order valence-electron chi connectivity index (χ2n) is 5.65. The highest BCUT2D eigenvalue weighted by molar-refractivity contribution is 5.80. The van der Waals surface area contributed by atoms with Crippen LogP contribution in [-0.4, -0.2) is 80.4 Å². The molecule has 1 fully saturated rings. The molecule has 0 radical (unpaired) electrons. The number of carbonyl (C=O) groups is 2. The third kappa shape index (κ3) is 5.89. The molecule has 0 aromatic carbocycles. The van der Waals surface area contributed by atoms with Crippen LogP contribution in [0.2, 0.25) is 0 Å². The van der Waals surface area contributed by atoms with Gasteiger partial charge in [0.2, 0.25) is 5.91 Å². The second kappa shape index (κ2) is 8.84. The molecule has 2 N–H and O–H groups in total. The highest BCUT2D eigenvalue weighted by Gasteiger charge is 2.28. The number of nitrogens with one attached hydrogen (secondary N) is 1. The van der Waals surface area contributed by atoms with Crippen molar-refractivity contribution in [1.29, 1.82) is 0 Å². The van der Waals surface area contributed by atoms with Gasteiger partial charge in [0, 0.05) is 40.8 Å². The minimum absolute atomic E-state index is 0.0455. The van der Waals surface area contributed by atoms with E-state index < -0.39 is 6.10 Å². The quantitative estimate of drug-likeness (QED) is 0.717. The van der Waals surface area contributed by atoms with Crippen molar-refractivity contribution in [2.75, 3.05) is 47.4 Å². The second-order valence-corrected chi connectivity index (χ2v) is 5.65. The minimum atomic E-state index is -0.562. The Hall–Kier alpha value is -1.34. The smallest absolute Gasteiger partial charge is 0.319 e. The van der Waals surface area contributed by atoms with Gasteiger partial charge in [-0.15, -0.1) is 0 Å². The maximum Gasteiger partial charge on any atom is 0.319 e. The summed E-state index contributed by atoms with van der Waals surface area (Å²) in [6.45, 7) is 1.85. The summed E-state index contributed by atoms with van der Waals surface area (Å²) in [6, 6.07) is -0.0528. The van der Waals surface area contributed by atoms with Crippen molar-refractivity contribution in [2.24, 2.45) is 5.92 Å². The number of hydrogen-bond donors (Lipinski definition) is 2. The number of carbonyl (C=O) groups excluding carboxylic acids is 2. The van der Waals surface area contributed by atoms with E-state index in [9.17, 15) is 14.7 Å². The summed E-state index contributed by atoms with van der Waals surface area (Å²) < 4.78 is 4.83. The van der Waals surface area contributed by atoms with Gasteiger partial charge in [-0.25, -0.2) is 4.79 Å². The summed E-state index contributed by atoms with van der Waals surface area (Å²) in [5.74, 6) is -0.210. The zero-order valence-corrected chi connectivity index (χ0v) is 13.2. The molecule has 1 heterocycles. The number of likely N-dealkylation sites (tertiary alicyclic amines) is 1. The van der Waals surface area contributed by atoms with Crippen molar-refractivity contribution < 1.29 is 19.4 Å². The van der Waals surface area contributed by atoms with Gasteiger partial charge in [-0.05, 0) is 19.3 Å². The Morgan fingerprint density at radius 1 is 1.48 bits per heavy atom. The van der Waals surface area contributed by atoms with Gasteiger partial charge >= 0.3 is 6.03 Å². The molecule has 0 spiro atoms. The van der Waals surface area contributed by atoms with Gasteiger partial charge in [0.1, 0.15) is 0 Å². The maximum atomic E-state index is 12.1. The molecule has 1 rings (SSSR count). The third-order valence-electron chi connectivity index (χ3n) is 3.58. The summed E-state index contributed by atoms with van der Waals surface area (Å²) in [7, 11) is 4.95. The third-order valence-corrected chi connectivity index (χ3v) is 3.58. The summed E-state index contributed by atoms with van der Waals surface area (Å²) in [4.78, 5) is 27.3. The normalized spacial score (nSPS) is 20.0. The van der Waals surface area contributed by atoms with Crippen LogP contribution < -0.4 is 5.32 Å². The molecule has 2 unspecified atom stereocenters. The molecular weight excluding hydrogens is 274 g/mol. The zero-order valence-electron chi connectivity index (χ0n) is 13.2. The molecule has 3 amide bonds. The lowest BCUT2D eigenvalue weighted by Crippen LogP contribution is -2.48. The lowest BCUT2D eigenvalue weighted by molar-refractivity contribution is -0.126. The molecule has 0 aromatic heterocycles. The number of piperidine rings is 1. The Balaban J connectivity index is 2.35. The number of methoxy groups -OCH3 is 1. The van der Waals surface area contributed by atoms with E-state index in [1.165, 1.54) is 12.0 Å². The fourth-order valence-corrected chi connectivity index (χ4v) is 2.43. The standard InChI is InChI=1S/C14H27N3O4/c1-16(2)14(20)17-8-4-5-11(9-17)13(19)15-7-6-12(18)10-21-3/h11-12,18H,4-10H2,1-3H3,(H,15,19). The Labute approximate surface area is 126 Å². The van der Waals surface area contributed by atoms with Gasteiger partial charge in [0.05, 0.1) is 18.6 Å². The molecule has 1 saturated heterocycles. The van der Waals surface area contributed by atoms with Gasteiger partial charge in [0.25, 0.3) is 0 Å². The van der Waals surface area contributed by atoms with Crippen LogP contribution in [0.15, 0.2) is 0 Å². The first kappa shape index (κ1) is 17.7. The number of aliphatic hydroxyl groups excluding tert-OH is 1. The first-order chi connectivity index (χ1) is 9.95. The van der Waals surface area contributed by atoms with Crippen molar-refractivity contribution in [1.82, 2.24) is 15.1 Å². The van der Waals surface area contributed by atoms with E-state index in [4.69, 9.17) is 4.74 Å². The van der Waals surface area contributed by atoms with Crippen molar-refractivity contribution in [3.63, 3.8) is 0 Å². The fourth-order valence-electron chi connectivity index (χ4n) is 2.43. The van der Waals surface area contributed by atoms with E-state index >= 15 is 0 Å². The first-order valence-corrected chi connectivity index (χ1v) is 7.36. The molecular formula is C14H27N3O4. The van der Waals surface area contributed by atoms with Crippen LogP contribution in [0.5, 0.6) is 0 Å². The molecule has 1 aliphatic heterocycles. The maximum absolute atomic E-state index is 12.1. The summed E-state index contributed by atoms with van der Waals surface area (Å²) >= 11 is 0. The number of aliphatic hydroxyl groups is 1. The van der Waals surface area contributed by atoms with E-state index in [0.29, 0.717) is 26.1 Å². The van der Waals surface area contributed by atoms with Crippen molar-refractivity contribution in [3.05, 3.63) is 0 Å². The Morgan fingerprint density at radius 2 is 2.19 bits per heavy atom. The highest BCUT2D eigenvalue weighted by Crippen LogP contribution is 2.17. The van der Waals surface area contributed by atoms with E-state index in [2.05, 4.69) is 5.32 Å². The van der Waals surface area contributed by atoms with E-state index in [1.807, 2.05) is 0 Å². The molecule has 2 atom stereocenters. The predicted octanol–water partition coefficient (Wildman–Crippen LogP) is -0.106. The number of hydrogen-bond acceptors (Lipinski definition) is 4. The van der Waals surface area contributed by atoms with Crippen molar-refractivity contribution in [2.45, 2.75) is 25.4 Å². The molecule has 0 bridgehead atoms. The number of rotatable bonds is 6. The van der Waals surface area contributed by atoms with Gasteiger partial charge in [-0.1, -0.05) is 0 Å². The van der Waals surface area contributed by atoms with Crippen molar-refractivity contribution in [3.8, 4) is 0 Å². The first-order valence-electron chi connectivity index (χ1n) is 7.36. The van der Waals surface area contributed by atoms with E-state index in [-0.39, 0.29) is 24.5 Å². The van der Waals surface area contributed by atoms with Crippen LogP contribution in [-0.2, 0) is 9.53 Å². The number of amides is 3. The molecule has 0 aliphatic carbocycles. The van der Waals surface area contributed by atoms with Crippen LogP contribution in [0, 0.1) is 5.92 Å². The number of nitrogens with zero attached hydrogens (tertiary/aromatic N) is 2. The van der Waals surface area contributed by atoms with Crippen LogP contribution in [0.1, 0.15) is 19.3 Å². The zero-order chi connectivity index (χ0) is 15.8. The van der Waals surface area contributed by atoms with Gasteiger partial charge in [0.15, 0.2) is 0 Å². The molecule has 1 aliphatic rings. The lowest BCUT2D eigenvalue weighted by atomic mass is 9.97. The molecule has 0 saturated carbocycles. The summed E-state index contributed by atoms with van der Waals surface area (Å²) in [5.41, 5.74) is 0. The topological polar surface area (TPSA) is 82.1 Å². The van der Waals surface area contributed by atoms with Gasteiger partial charge in [-0.2, -0.15) is 0 Å². The predicted molar refractivity (Wildman–Crippen MR) is 78.9 cm³/mol. The molecule has 122 valence electrons. The van der Waals surface area contributed by atoms with Crippen molar-refractivity contribution >= 4 is 11.9 Å². The lowest BCUT2D eigenvalue weighted by Gasteiger charge is -2.33. The summed E-state index contributed by atoms with van der Waals surface area (Å²) in [5, 5.41) is 12.3. The molecule has 7 heteroatoms. The Bertz CT molecular complexity index is 349. The average molecular weight is 301 g/mol. The number of urea groups is 1. The van der Waals surface area contributed by atoms with E-state index in [1.54, 1.807) is 19.0 Å². The van der Waals surface area contributed by atoms with Gasteiger partial charge in [-0.3, -0.25) is 4.79 Å². The average Bonchev–Trinajstić information content (AvgIpc) is 2.46. The summed E-state index contributed by atoms with van der Waals surface area (Å²) in [6.07, 6.45) is 1.54. The van der Waals surface area contributed by atoms with Crippen LogP contribution >= 0.6 is 0 Å². The van der Waals surface area contributed by atoms with Crippen LogP contribution in [0.25, 0.3) is 0 Å². The number of ether oxygens (including phenoxy) is 1. The van der Waals surface area contributed by atoms with E-state index in [0.717, 1.165) is 12.8 Å². The highest BCUT2D eigenvalue weighted by atomic mass is 16.5.